The first-order chi connectivity index (χ1) is 5.18. The van der Waals surface area contributed by atoms with Gasteiger partial charge >= 0.3 is 6.09 Å². The molecule has 58 valence electrons. The van der Waals surface area contributed by atoms with Gasteiger partial charge in [-0.05, 0) is 0 Å². The summed E-state index contributed by atoms with van der Waals surface area (Å²) in [5.41, 5.74) is 0. The summed E-state index contributed by atoms with van der Waals surface area (Å²) in [6.45, 7) is 0. The van der Waals surface area contributed by atoms with Crippen LogP contribution < -0.4 is 5.32 Å². The van der Waals surface area contributed by atoms with Crippen molar-refractivity contribution in [1.82, 2.24) is 9.97 Å². The zero-order chi connectivity index (χ0) is 8.27. The van der Waals surface area contributed by atoms with Gasteiger partial charge < -0.3 is 5.11 Å². The molecule has 0 aromatic carbocycles. The molecule has 1 rings (SSSR count). The summed E-state index contributed by atoms with van der Waals surface area (Å²) >= 11 is 5.42. The van der Waals surface area contributed by atoms with Crippen LogP contribution in [0.3, 0.4) is 0 Å². The maximum atomic E-state index is 10.1. The van der Waals surface area contributed by atoms with Gasteiger partial charge in [-0.25, -0.2) is 9.78 Å². The lowest BCUT2D eigenvalue weighted by atomic mass is 10.6. The van der Waals surface area contributed by atoms with Crippen LogP contribution in [0, 0.1) is 0 Å². The Balaban J connectivity index is 2.79. The van der Waals surface area contributed by atoms with Crippen molar-refractivity contribution >= 4 is 23.5 Å². The Morgan fingerprint density at radius 1 is 1.64 bits per heavy atom. The fourth-order valence-corrected chi connectivity index (χ4v) is 0.659. The van der Waals surface area contributed by atoms with Crippen LogP contribution in [0.25, 0.3) is 0 Å². The number of hydrogen-bond donors (Lipinski definition) is 2. The Morgan fingerprint density at radius 2 is 2.36 bits per heavy atom. The molecule has 5 nitrogen and oxygen atoms in total. The molecule has 0 aliphatic carbocycles. The van der Waals surface area contributed by atoms with E-state index in [1.807, 2.05) is 5.32 Å². The average molecular weight is 174 g/mol. The third-order valence-electron chi connectivity index (χ3n) is 0.840. The lowest BCUT2D eigenvalue weighted by molar-refractivity contribution is 0.209. The molecule has 1 amide bonds. The Kier molecular flexibility index (Phi) is 2.22. The Labute approximate surface area is 67.0 Å². The molecule has 1 heterocycles. The number of halogens is 1. The molecule has 2 N–H and O–H groups in total. The number of nitrogens with zero attached hydrogens (tertiary/aromatic N) is 2. The standard InChI is InChI=1S/C5H4ClN3O2/c6-3-1-7-2-4(8-3)9-5(10)11/h1-2H,(H,8,9)(H,10,11). The first kappa shape index (κ1) is 7.74. The number of aromatic nitrogens is 2. The van der Waals surface area contributed by atoms with Crippen LogP contribution in [-0.4, -0.2) is 21.2 Å². The predicted molar refractivity (Wildman–Crippen MR) is 38.7 cm³/mol. The third-order valence-corrected chi connectivity index (χ3v) is 1.02. The molecule has 6 heteroatoms. The van der Waals surface area contributed by atoms with Gasteiger partial charge in [0.05, 0.1) is 12.4 Å². The molecule has 11 heavy (non-hydrogen) atoms. The van der Waals surface area contributed by atoms with Gasteiger partial charge in [-0.15, -0.1) is 0 Å². The average Bonchev–Trinajstić information content (AvgIpc) is 1.85. The second-order valence-electron chi connectivity index (χ2n) is 1.66. The van der Waals surface area contributed by atoms with Crippen molar-refractivity contribution < 1.29 is 9.90 Å². The summed E-state index contributed by atoms with van der Waals surface area (Å²) < 4.78 is 0. The number of carbonyl (C=O) groups is 1. The second-order valence-corrected chi connectivity index (χ2v) is 2.04. The zero-order valence-electron chi connectivity index (χ0n) is 5.28. The van der Waals surface area contributed by atoms with Crippen LogP contribution in [0.4, 0.5) is 10.6 Å². The highest BCUT2D eigenvalue weighted by molar-refractivity contribution is 6.29. The van der Waals surface area contributed by atoms with Crippen molar-refractivity contribution in [3.05, 3.63) is 17.5 Å². The van der Waals surface area contributed by atoms with Gasteiger partial charge in [0, 0.05) is 0 Å². The first-order valence-corrected chi connectivity index (χ1v) is 3.04. The van der Waals surface area contributed by atoms with Crippen molar-refractivity contribution in [3.8, 4) is 0 Å². The Hall–Kier alpha value is -1.36. The van der Waals surface area contributed by atoms with Gasteiger partial charge in [0.15, 0.2) is 5.82 Å². The number of carboxylic acid groups (broad SMARTS) is 1. The van der Waals surface area contributed by atoms with Gasteiger partial charge in [0.1, 0.15) is 5.15 Å². The lowest BCUT2D eigenvalue weighted by Crippen LogP contribution is -2.08. The zero-order valence-corrected chi connectivity index (χ0v) is 6.04. The molecule has 0 bridgehead atoms. The molecule has 1 aromatic rings. The van der Waals surface area contributed by atoms with Crippen molar-refractivity contribution in [2.45, 2.75) is 0 Å². The van der Waals surface area contributed by atoms with E-state index in [4.69, 9.17) is 16.7 Å². The highest BCUT2D eigenvalue weighted by Crippen LogP contribution is 2.05. The molecule has 0 radical (unpaired) electrons. The lowest BCUT2D eigenvalue weighted by Gasteiger charge is -1.96. The minimum atomic E-state index is -1.19. The fourth-order valence-electron chi connectivity index (χ4n) is 0.512. The molecule has 0 unspecified atom stereocenters. The SMILES string of the molecule is O=C(O)Nc1cncc(Cl)n1. The molecule has 1 aromatic heterocycles. The van der Waals surface area contributed by atoms with Gasteiger partial charge in [0.2, 0.25) is 0 Å². The number of anilines is 1. The maximum absolute atomic E-state index is 10.1. The normalized spacial score (nSPS) is 9.18. The van der Waals surface area contributed by atoms with Gasteiger partial charge in [0.25, 0.3) is 0 Å². The van der Waals surface area contributed by atoms with E-state index >= 15 is 0 Å². The van der Waals surface area contributed by atoms with E-state index in [1.54, 1.807) is 0 Å². The van der Waals surface area contributed by atoms with E-state index in [-0.39, 0.29) is 11.0 Å². The summed E-state index contributed by atoms with van der Waals surface area (Å²) in [7, 11) is 0. The molecule has 0 fully saturated rings. The summed E-state index contributed by atoms with van der Waals surface area (Å²) in [5.74, 6) is 0.116. The van der Waals surface area contributed by atoms with Gasteiger partial charge in [-0.3, -0.25) is 10.3 Å². The van der Waals surface area contributed by atoms with Crippen molar-refractivity contribution in [2.75, 3.05) is 5.32 Å². The third kappa shape index (κ3) is 2.38. The van der Waals surface area contributed by atoms with Crippen LogP contribution >= 0.6 is 11.6 Å². The minimum absolute atomic E-state index is 0.116. The molecule has 0 atom stereocenters. The van der Waals surface area contributed by atoms with Gasteiger partial charge in [-0.2, -0.15) is 0 Å². The van der Waals surface area contributed by atoms with E-state index in [9.17, 15) is 4.79 Å². The van der Waals surface area contributed by atoms with Crippen LogP contribution in [0.15, 0.2) is 12.4 Å². The van der Waals surface area contributed by atoms with E-state index < -0.39 is 6.09 Å². The monoisotopic (exact) mass is 173 g/mol. The van der Waals surface area contributed by atoms with E-state index in [0.717, 1.165) is 0 Å². The number of hydrogen-bond acceptors (Lipinski definition) is 3. The number of rotatable bonds is 1. The largest absolute Gasteiger partial charge is 0.465 e. The highest BCUT2D eigenvalue weighted by Gasteiger charge is 1.98. The Bertz CT molecular complexity index is 278. The molecule has 0 saturated heterocycles. The number of amides is 1. The quantitative estimate of drug-likeness (QED) is 0.670. The minimum Gasteiger partial charge on any atom is -0.465 e. The van der Waals surface area contributed by atoms with Crippen molar-refractivity contribution in [2.24, 2.45) is 0 Å². The summed E-state index contributed by atoms with van der Waals surface area (Å²) in [4.78, 5) is 17.3. The highest BCUT2D eigenvalue weighted by atomic mass is 35.5. The fraction of sp³-hybridized carbons (Fsp3) is 0. The molecular formula is C5H4ClN3O2. The van der Waals surface area contributed by atoms with Crippen LogP contribution in [0.2, 0.25) is 5.15 Å². The molecule has 0 aliphatic rings. The molecule has 0 spiro atoms. The van der Waals surface area contributed by atoms with Crippen LogP contribution in [0.5, 0.6) is 0 Å². The molecular weight excluding hydrogens is 170 g/mol. The summed E-state index contributed by atoms with van der Waals surface area (Å²) in [6.07, 6.45) is 1.38. The van der Waals surface area contributed by atoms with Gasteiger partial charge in [-0.1, -0.05) is 11.6 Å². The molecule has 0 saturated carbocycles. The van der Waals surface area contributed by atoms with Crippen LogP contribution in [0.1, 0.15) is 0 Å². The van der Waals surface area contributed by atoms with E-state index in [0.29, 0.717) is 0 Å². The topological polar surface area (TPSA) is 75.1 Å². The first-order valence-electron chi connectivity index (χ1n) is 2.66. The van der Waals surface area contributed by atoms with E-state index in [1.165, 1.54) is 12.4 Å². The smallest absolute Gasteiger partial charge is 0.410 e. The predicted octanol–water partition coefficient (Wildman–Crippen LogP) is 1.22. The molecule has 0 aliphatic heterocycles. The summed E-state index contributed by atoms with van der Waals surface area (Å²) in [6, 6.07) is 0. The summed E-state index contributed by atoms with van der Waals surface area (Å²) in [5, 5.41) is 10.4. The van der Waals surface area contributed by atoms with Crippen molar-refractivity contribution in [3.63, 3.8) is 0 Å². The van der Waals surface area contributed by atoms with Crippen molar-refractivity contribution in [1.29, 1.82) is 0 Å². The van der Waals surface area contributed by atoms with E-state index in [2.05, 4.69) is 9.97 Å². The number of nitrogens with one attached hydrogen (secondary N) is 1. The Morgan fingerprint density at radius 3 is 2.91 bits per heavy atom. The maximum Gasteiger partial charge on any atom is 0.410 e. The van der Waals surface area contributed by atoms with Crippen LogP contribution in [-0.2, 0) is 0 Å². The second kappa shape index (κ2) is 3.16.